The molecule has 4 rings (SSSR count). The Morgan fingerprint density at radius 3 is 2.51 bits per heavy atom. The van der Waals surface area contributed by atoms with Crippen molar-refractivity contribution in [1.29, 1.82) is 0 Å². The quantitative estimate of drug-likeness (QED) is 0.267. The highest BCUT2D eigenvalue weighted by Gasteiger charge is 2.30. The van der Waals surface area contributed by atoms with Crippen LogP contribution in [0.3, 0.4) is 0 Å². The van der Waals surface area contributed by atoms with Gasteiger partial charge in [0.15, 0.2) is 0 Å². The number of hydrogen-bond acceptors (Lipinski definition) is 8. The number of nitrogens with zero attached hydrogens (tertiary/aromatic N) is 5. The molecule has 41 heavy (non-hydrogen) atoms. The lowest BCUT2D eigenvalue weighted by Crippen LogP contribution is -2.45. The van der Waals surface area contributed by atoms with Crippen LogP contribution < -0.4 is 10.0 Å². The van der Waals surface area contributed by atoms with Gasteiger partial charge in [0.2, 0.25) is 11.1 Å². The summed E-state index contributed by atoms with van der Waals surface area (Å²) in [4.78, 5) is 25.1. The second-order valence-corrected chi connectivity index (χ2v) is 13.6. The Labute approximate surface area is 252 Å². The Morgan fingerprint density at radius 2 is 1.88 bits per heavy atom. The van der Waals surface area contributed by atoms with E-state index in [0.717, 1.165) is 16.1 Å². The molecule has 0 unspecified atom stereocenters. The standard InChI is InChI=1S/C26H27Cl2N7O4S2/c1-26(2,24(37)31-41(38,39)34(3)4)12-11-16-5-9-21(19(27)13-16)29-23(36)15-40-25-30-32-33-35(25)22-10-8-18(14-20(22)28)17-6-7-17/h5,8-10,13-14,17H,6-7,15H2,1-4H3,(H,29,36)(H,31,37). The van der Waals surface area contributed by atoms with Gasteiger partial charge >= 0.3 is 10.2 Å². The Hall–Kier alpha value is -3.15. The van der Waals surface area contributed by atoms with Crippen molar-refractivity contribution in [3.8, 4) is 17.5 Å². The number of hydrogen-bond donors (Lipinski definition) is 2. The minimum atomic E-state index is -3.94. The van der Waals surface area contributed by atoms with Crippen molar-refractivity contribution in [2.24, 2.45) is 5.41 Å². The highest BCUT2D eigenvalue weighted by atomic mass is 35.5. The van der Waals surface area contributed by atoms with E-state index in [1.807, 2.05) is 22.9 Å². The molecule has 3 aromatic rings. The van der Waals surface area contributed by atoms with Gasteiger partial charge < -0.3 is 5.32 Å². The molecule has 1 saturated carbocycles. The fourth-order valence-electron chi connectivity index (χ4n) is 3.42. The van der Waals surface area contributed by atoms with E-state index in [0.29, 0.717) is 33.0 Å². The minimum Gasteiger partial charge on any atom is -0.324 e. The summed E-state index contributed by atoms with van der Waals surface area (Å²) in [5.74, 6) is 5.07. The maximum atomic E-state index is 12.7. The molecule has 0 atom stereocenters. The fraction of sp³-hybridized carbons (Fsp3) is 0.346. The van der Waals surface area contributed by atoms with E-state index in [9.17, 15) is 18.0 Å². The van der Waals surface area contributed by atoms with Crippen LogP contribution in [0.25, 0.3) is 5.69 Å². The summed E-state index contributed by atoms with van der Waals surface area (Å²) in [6.07, 6.45) is 2.33. The van der Waals surface area contributed by atoms with E-state index in [-0.39, 0.29) is 16.7 Å². The van der Waals surface area contributed by atoms with Crippen LogP contribution in [0.1, 0.15) is 43.7 Å². The van der Waals surface area contributed by atoms with Crippen LogP contribution in [-0.2, 0) is 19.8 Å². The average molecular weight is 637 g/mol. The topological polar surface area (TPSA) is 139 Å². The maximum absolute atomic E-state index is 12.7. The number of thioether (sulfide) groups is 1. The van der Waals surface area contributed by atoms with Gasteiger partial charge in [0.05, 0.1) is 27.2 Å². The number of tetrazole rings is 1. The number of carbonyl (C=O) groups is 2. The van der Waals surface area contributed by atoms with Crippen molar-refractivity contribution in [3.05, 3.63) is 57.6 Å². The summed E-state index contributed by atoms with van der Waals surface area (Å²) in [6.45, 7) is 3.00. The molecule has 216 valence electrons. The SMILES string of the molecule is CN(C)S(=O)(=O)NC(=O)C(C)(C)C#Cc1ccc(NC(=O)CSc2nnnn2-c2ccc(C3CC3)cc2Cl)c(Cl)c1. The third kappa shape index (κ3) is 7.78. The van der Waals surface area contributed by atoms with Gasteiger partial charge in [-0.3, -0.25) is 9.59 Å². The van der Waals surface area contributed by atoms with Crippen LogP contribution in [0, 0.1) is 17.3 Å². The van der Waals surface area contributed by atoms with Gasteiger partial charge in [-0.1, -0.05) is 52.9 Å². The smallest absolute Gasteiger partial charge is 0.303 e. The average Bonchev–Trinajstić information content (AvgIpc) is 3.65. The molecular formula is C26H27Cl2N7O4S2. The van der Waals surface area contributed by atoms with Crippen molar-refractivity contribution >= 4 is 62.7 Å². The third-order valence-corrected chi connectivity index (χ3v) is 8.99. The number of benzene rings is 2. The number of amides is 2. The molecule has 2 amide bonds. The minimum absolute atomic E-state index is 0.00912. The van der Waals surface area contributed by atoms with Crippen LogP contribution in [0.4, 0.5) is 5.69 Å². The number of carbonyl (C=O) groups excluding carboxylic acids is 2. The molecule has 0 bridgehead atoms. The monoisotopic (exact) mass is 635 g/mol. The summed E-state index contributed by atoms with van der Waals surface area (Å²) < 4.78 is 28.3. The second kappa shape index (κ2) is 12.4. The molecule has 15 heteroatoms. The van der Waals surface area contributed by atoms with Gasteiger partial charge in [0.25, 0.3) is 5.91 Å². The van der Waals surface area contributed by atoms with Crippen molar-refractivity contribution in [1.82, 2.24) is 29.2 Å². The molecule has 0 aliphatic heterocycles. The lowest BCUT2D eigenvalue weighted by Gasteiger charge is -2.19. The van der Waals surface area contributed by atoms with Crippen molar-refractivity contribution in [3.63, 3.8) is 0 Å². The van der Waals surface area contributed by atoms with E-state index in [4.69, 9.17) is 23.2 Å². The predicted molar refractivity (Wildman–Crippen MR) is 158 cm³/mol. The molecule has 11 nitrogen and oxygen atoms in total. The number of nitrogens with one attached hydrogen (secondary N) is 2. The van der Waals surface area contributed by atoms with E-state index >= 15 is 0 Å². The Bertz CT molecular complexity index is 1660. The first-order chi connectivity index (χ1) is 19.3. The van der Waals surface area contributed by atoms with Gasteiger partial charge in [-0.2, -0.15) is 17.4 Å². The highest BCUT2D eigenvalue weighted by molar-refractivity contribution is 7.99. The summed E-state index contributed by atoms with van der Waals surface area (Å²) in [5.41, 5.74) is 1.36. The van der Waals surface area contributed by atoms with Crippen LogP contribution in [0.5, 0.6) is 0 Å². The Balaban J connectivity index is 1.37. The molecule has 0 saturated heterocycles. The van der Waals surface area contributed by atoms with E-state index < -0.39 is 21.5 Å². The summed E-state index contributed by atoms with van der Waals surface area (Å²) >= 11 is 14.0. The first-order valence-electron chi connectivity index (χ1n) is 12.3. The van der Waals surface area contributed by atoms with Crippen molar-refractivity contribution in [2.45, 2.75) is 37.8 Å². The van der Waals surface area contributed by atoms with Crippen molar-refractivity contribution in [2.75, 3.05) is 25.2 Å². The molecule has 2 aromatic carbocycles. The summed E-state index contributed by atoms with van der Waals surface area (Å²) in [6, 6.07) is 10.6. The number of aromatic nitrogens is 4. The first-order valence-corrected chi connectivity index (χ1v) is 15.5. The Morgan fingerprint density at radius 1 is 1.15 bits per heavy atom. The van der Waals surface area contributed by atoms with Gasteiger partial charge in [-0.25, -0.2) is 4.72 Å². The Kier molecular flexibility index (Phi) is 9.30. The summed E-state index contributed by atoms with van der Waals surface area (Å²) in [7, 11) is -1.33. The van der Waals surface area contributed by atoms with Gasteiger partial charge in [-0.05, 0) is 78.9 Å². The molecule has 1 aliphatic rings. The van der Waals surface area contributed by atoms with Crippen LogP contribution in [-0.4, -0.2) is 64.6 Å². The van der Waals surface area contributed by atoms with E-state index in [1.54, 1.807) is 12.1 Å². The fourth-order valence-corrected chi connectivity index (χ4v) is 5.27. The number of anilines is 1. The second-order valence-electron chi connectivity index (χ2n) is 9.98. The van der Waals surface area contributed by atoms with Crippen molar-refractivity contribution < 1.29 is 18.0 Å². The third-order valence-electron chi connectivity index (χ3n) is 6.05. The van der Waals surface area contributed by atoms with Crippen LogP contribution in [0.2, 0.25) is 10.0 Å². The zero-order valence-corrected chi connectivity index (χ0v) is 25.7. The van der Waals surface area contributed by atoms with Crippen LogP contribution >= 0.6 is 35.0 Å². The lowest BCUT2D eigenvalue weighted by molar-refractivity contribution is -0.124. The molecule has 0 radical (unpaired) electrons. The van der Waals surface area contributed by atoms with Gasteiger partial charge in [-0.15, -0.1) is 5.10 Å². The molecule has 2 N–H and O–H groups in total. The van der Waals surface area contributed by atoms with Crippen LogP contribution in [0.15, 0.2) is 41.6 Å². The molecule has 1 fully saturated rings. The predicted octanol–water partition coefficient (Wildman–Crippen LogP) is 3.88. The maximum Gasteiger partial charge on any atom is 0.303 e. The number of rotatable bonds is 9. The lowest BCUT2D eigenvalue weighted by atomic mass is 9.93. The van der Waals surface area contributed by atoms with E-state index in [2.05, 4.69) is 32.7 Å². The highest BCUT2D eigenvalue weighted by Crippen LogP contribution is 2.41. The van der Waals surface area contributed by atoms with Gasteiger partial charge in [0.1, 0.15) is 5.41 Å². The number of halogens is 2. The van der Waals surface area contributed by atoms with E-state index in [1.165, 1.54) is 57.1 Å². The molecular weight excluding hydrogens is 609 g/mol. The molecule has 1 heterocycles. The van der Waals surface area contributed by atoms with Gasteiger partial charge in [0, 0.05) is 19.7 Å². The largest absolute Gasteiger partial charge is 0.324 e. The zero-order chi connectivity index (χ0) is 29.9. The first kappa shape index (κ1) is 30.8. The normalized spacial score (nSPS) is 13.4. The molecule has 1 aliphatic carbocycles. The molecule has 0 spiro atoms. The zero-order valence-electron chi connectivity index (χ0n) is 22.6. The molecule has 1 aromatic heterocycles. The summed E-state index contributed by atoms with van der Waals surface area (Å²) in [5, 5.41) is 15.7.